The van der Waals surface area contributed by atoms with E-state index in [1.54, 1.807) is 34.6 Å². The van der Waals surface area contributed by atoms with Crippen molar-refractivity contribution in [3.05, 3.63) is 28.9 Å². The van der Waals surface area contributed by atoms with Gasteiger partial charge in [-0.15, -0.1) is 0 Å². The Morgan fingerprint density at radius 3 is 2.80 bits per heavy atom. The molecule has 2 aromatic heterocycles. The minimum Gasteiger partial charge on any atom is -0.495 e. The van der Waals surface area contributed by atoms with Crippen LogP contribution in [0.3, 0.4) is 0 Å². The minimum absolute atomic E-state index is 0.372. The summed E-state index contributed by atoms with van der Waals surface area (Å²) in [5.74, 6) is 1.04. The van der Waals surface area contributed by atoms with E-state index >= 15 is 0 Å². The molecule has 0 aliphatic heterocycles. The van der Waals surface area contributed by atoms with Gasteiger partial charge in [-0.25, -0.2) is 9.67 Å². The number of benzene rings is 1. The quantitative estimate of drug-likeness (QED) is 0.786. The highest BCUT2D eigenvalue weighted by atomic mass is 35.5. The molecule has 3 aromatic rings. The van der Waals surface area contributed by atoms with Crippen LogP contribution >= 0.6 is 11.6 Å². The maximum Gasteiger partial charge on any atom is 0.207 e. The van der Waals surface area contributed by atoms with Crippen LogP contribution in [0, 0.1) is 6.92 Å². The van der Waals surface area contributed by atoms with Gasteiger partial charge in [-0.1, -0.05) is 11.6 Å². The predicted octanol–water partition coefficient (Wildman–Crippen LogP) is 2.31. The monoisotopic (exact) mass is 291 g/mol. The first-order valence-corrected chi connectivity index (χ1v) is 6.42. The maximum absolute atomic E-state index is 6.09. The molecule has 0 bridgehead atoms. The first-order chi connectivity index (χ1) is 9.52. The topological polar surface area (TPSA) is 70.9 Å². The largest absolute Gasteiger partial charge is 0.495 e. The van der Waals surface area contributed by atoms with Crippen LogP contribution in [0.15, 0.2) is 18.2 Å². The van der Waals surface area contributed by atoms with E-state index in [0.29, 0.717) is 16.7 Å². The zero-order valence-corrected chi connectivity index (χ0v) is 12.1. The molecule has 0 aliphatic rings. The van der Waals surface area contributed by atoms with Gasteiger partial charge in [0.05, 0.1) is 18.5 Å². The molecule has 0 amide bonds. The van der Waals surface area contributed by atoms with Crippen molar-refractivity contribution in [3.63, 3.8) is 0 Å². The van der Waals surface area contributed by atoms with Gasteiger partial charge < -0.3 is 10.5 Å². The summed E-state index contributed by atoms with van der Waals surface area (Å²) in [5.41, 5.74) is 9.20. The van der Waals surface area contributed by atoms with Crippen LogP contribution in [0.5, 0.6) is 5.75 Å². The van der Waals surface area contributed by atoms with Gasteiger partial charge >= 0.3 is 0 Å². The summed E-state index contributed by atoms with van der Waals surface area (Å²) in [6, 6.07) is 5.36. The maximum atomic E-state index is 6.09. The van der Waals surface area contributed by atoms with Crippen molar-refractivity contribution in [2.24, 2.45) is 7.05 Å². The number of ether oxygens (including phenoxy) is 1. The smallest absolute Gasteiger partial charge is 0.207 e. The lowest BCUT2D eigenvalue weighted by molar-refractivity contribution is 0.413. The van der Waals surface area contributed by atoms with Gasteiger partial charge in [-0.2, -0.15) is 5.10 Å². The number of nitrogens with two attached hydrogens (primary N) is 1. The molecule has 0 saturated carbocycles. The Balaban J connectivity index is 2.40. The lowest BCUT2D eigenvalue weighted by Gasteiger charge is -2.12. The highest BCUT2D eigenvalue weighted by molar-refractivity contribution is 6.30. The molecule has 7 heteroatoms. The van der Waals surface area contributed by atoms with Crippen molar-refractivity contribution in [1.82, 2.24) is 19.3 Å². The number of aryl methyl sites for hydroxylation is 2. The summed E-state index contributed by atoms with van der Waals surface area (Å²) in [7, 11) is 3.45. The predicted molar refractivity (Wildman–Crippen MR) is 78.5 cm³/mol. The van der Waals surface area contributed by atoms with E-state index in [-0.39, 0.29) is 0 Å². The van der Waals surface area contributed by atoms with Crippen LogP contribution in [0.25, 0.3) is 16.9 Å². The third kappa shape index (κ3) is 1.72. The molecule has 0 atom stereocenters. The second kappa shape index (κ2) is 4.42. The summed E-state index contributed by atoms with van der Waals surface area (Å²) >= 11 is 6.09. The first kappa shape index (κ1) is 12.8. The van der Waals surface area contributed by atoms with E-state index in [1.165, 1.54) is 0 Å². The highest BCUT2D eigenvalue weighted by Gasteiger charge is 2.19. The zero-order chi connectivity index (χ0) is 14.4. The fourth-order valence-electron chi connectivity index (χ4n) is 2.36. The van der Waals surface area contributed by atoms with E-state index in [1.807, 2.05) is 14.0 Å². The fraction of sp³-hybridized carbons (Fsp3) is 0.231. The molecule has 6 nitrogen and oxygen atoms in total. The summed E-state index contributed by atoms with van der Waals surface area (Å²) in [6.07, 6.45) is 0. The van der Waals surface area contributed by atoms with Crippen molar-refractivity contribution in [2.45, 2.75) is 6.92 Å². The number of fused-ring (bicyclic) bond motifs is 1. The number of nitrogen functional groups attached to an aromatic ring is 1. The Morgan fingerprint density at radius 2 is 2.10 bits per heavy atom. The van der Waals surface area contributed by atoms with Crippen molar-refractivity contribution in [3.8, 4) is 11.4 Å². The molecule has 2 heterocycles. The van der Waals surface area contributed by atoms with E-state index in [4.69, 9.17) is 22.1 Å². The van der Waals surface area contributed by atoms with Crippen LogP contribution in [0.2, 0.25) is 5.02 Å². The van der Waals surface area contributed by atoms with Gasteiger partial charge in [0.15, 0.2) is 5.65 Å². The molecule has 1 aromatic carbocycles. The molecule has 0 saturated heterocycles. The Hall–Kier alpha value is -2.21. The average molecular weight is 292 g/mol. The number of rotatable bonds is 2. The van der Waals surface area contributed by atoms with Crippen molar-refractivity contribution in [1.29, 1.82) is 0 Å². The summed E-state index contributed by atoms with van der Waals surface area (Å²) in [6.45, 7) is 1.90. The molecular weight excluding hydrogens is 278 g/mol. The lowest BCUT2D eigenvalue weighted by atomic mass is 10.3. The summed E-state index contributed by atoms with van der Waals surface area (Å²) in [5, 5.41) is 4.96. The summed E-state index contributed by atoms with van der Waals surface area (Å²) < 4.78 is 8.92. The van der Waals surface area contributed by atoms with Crippen molar-refractivity contribution in [2.75, 3.05) is 12.8 Å². The molecule has 104 valence electrons. The second-order valence-electron chi connectivity index (χ2n) is 4.50. The normalized spacial score (nSPS) is 11.2. The molecule has 3 rings (SSSR count). The molecule has 2 N–H and O–H groups in total. The second-order valence-corrected chi connectivity index (χ2v) is 4.94. The molecule has 0 spiro atoms. The standard InChI is InChI=1S/C13H14ClN5O/c1-7-11-12(18(2)17-7)19(13(15)16-11)9-6-8(14)4-5-10(9)20-3/h4-6H,1-3H3,(H2,15,16). The Labute approximate surface area is 120 Å². The zero-order valence-electron chi connectivity index (χ0n) is 11.4. The number of methoxy groups -OCH3 is 1. The third-order valence-electron chi connectivity index (χ3n) is 3.21. The number of hydrogen-bond donors (Lipinski definition) is 1. The number of halogens is 1. The number of imidazole rings is 1. The number of nitrogens with zero attached hydrogens (tertiary/aromatic N) is 4. The number of aromatic nitrogens is 4. The molecular formula is C13H14ClN5O. The molecule has 0 fully saturated rings. The molecule has 20 heavy (non-hydrogen) atoms. The Morgan fingerprint density at radius 1 is 1.35 bits per heavy atom. The highest BCUT2D eigenvalue weighted by Crippen LogP contribution is 2.32. The van der Waals surface area contributed by atoms with Crippen LogP contribution in [0.1, 0.15) is 5.69 Å². The number of hydrogen-bond acceptors (Lipinski definition) is 4. The minimum atomic E-state index is 0.372. The Bertz CT molecular complexity index is 805. The van der Waals surface area contributed by atoms with E-state index in [0.717, 1.165) is 22.5 Å². The van der Waals surface area contributed by atoms with Gasteiger partial charge in [0.2, 0.25) is 5.95 Å². The average Bonchev–Trinajstić information content (AvgIpc) is 2.88. The van der Waals surface area contributed by atoms with Gasteiger partial charge in [0.1, 0.15) is 11.3 Å². The van der Waals surface area contributed by atoms with Crippen molar-refractivity contribution >= 4 is 28.7 Å². The van der Waals surface area contributed by atoms with Gasteiger partial charge in [-0.05, 0) is 25.1 Å². The molecule has 0 radical (unpaired) electrons. The van der Waals surface area contributed by atoms with Crippen LogP contribution in [0.4, 0.5) is 5.95 Å². The Kier molecular flexibility index (Phi) is 2.83. The van der Waals surface area contributed by atoms with E-state index in [9.17, 15) is 0 Å². The lowest BCUT2D eigenvalue weighted by Crippen LogP contribution is -2.06. The van der Waals surface area contributed by atoms with Gasteiger partial charge in [0, 0.05) is 12.1 Å². The number of anilines is 1. The first-order valence-electron chi connectivity index (χ1n) is 6.04. The summed E-state index contributed by atoms with van der Waals surface area (Å²) in [4.78, 5) is 4.37. The molecule has 0 aliphatic carbocycles. The van der Waals surface area contributed by atoms with Crippen LogP contribution in [-0.2, 0) is 7.05 Å². The molecule has 0 unspecified atom stereocenters. The van der Waals surface area contributed by atoms with Crippen molar-refractivity contribution < 1.29 is 4.74 Å². The van der Waals surface area contributed by atoms with E-state index in [2.05, 4.69) is 10.1 Å². The fourth-order valence-corrected chi connectivity index (χ4v) is 2.53. The van der Waals surface area contributed by atoms with Gasteiger partial charge in [0.25, 0.3) is 0 Å². The van der Waals surface area contributed by atoms with Gasteiger partial charge in [-0.3, -0.25) is 4.57 Å². The van der Waals surface area contributed by atoms with Crippen LogP contribution < -0.4 is 10.5 Å². The SMILES string of the molecule is COc1ccc(Cl)cc1-n1c(N)nc2c(C)nn(C)c21. The van der Waals surface area contributed by atoms with Crippen LogP contribution in [-0.4, -0.2) is 26.4 Å². The van der Waals surface area contributed by atoms with E-state index < -0.39 is 0 Å². The third-order valence-corrected chi connectivity index (χ3v) is 3.45.